The van der Waals surface area contributed by atoms with E-state index in [1.807, 2.05) is 11.3 Å². The van der Waals surface area contributed by atoms with Gasteiger partial charge in [-0.05, 0) is 11.6 Å². The maximum absolute atomic E-state index is 2.51. The third kappa shape index (κ3) is 2.75. The minimum atomic E-state index is 1.03. The van der Waals surface area contributed by atoms with Gasteiger partial charge in [0, 0.05) is 12.5 Å². The molecule has 0 atom stereocenters. The van der Waals surface area contributed by atoms with Gasteiger partial charge in [-0.25, -0.2) is 0 Å². The molecule has 0 aliphatic rings. The van der Waals surface area contributed by atoms with E-state index < -0.39 is 0 Å². The van der Waals surface area contributed by atoms with Crippen molar-refractivity contribution in [3.05, 3.63) is 65.2 Å². The second-order valence-corrected chi connectivity index (χ2v) is 6.25. The largest absolute Gasteiger partial charge is 0.242 e. The summed E-state index contributed by atoms with van der Waals surface area (Å²) in [5.41, 5.74) is 2.78. The summed E-state index contributed by atoms with van der Waals surface area (Å²) in [6, 6.07) is 19.5. The monoisotopic (exact) mass is 282 g/mol. The summed E-state index contributed by atoms with van der Waals surface area (Å²) in [4.78, 5) is 0. The summed E-state index contributed by atoms with van der Waals surface area (Å²) >= 11 is 1.93. The minimum absolute atomic E-state index is 1.03. The number of unbranched alkanes of at least 4 members (excludes halogenated alkanes) is 1. The molecule has 0 fully saturated rings. The molecule has 2 aromatic carbocycles. The van der Waals surface area contributed by atoms with Gasteiger partial charge < -0.3 is 0 Å². The average molecular weight is 282 g/mol. The van der Waals surface area contributed by atoms with Crippen molar-refractivity contribution in [2.75, 3.05) is 0 Å². The van der Waals surface area contributed by atoms with Crippen molar-refractivity contribution in [2.45, 2.75) is 32.7 Å². The first-order valence-corrected chi connectivity index (χ1v) is 8.14. The number of nitrogens with zero attached hydrogens (tertiary/aromatic N) is 1. The Labute approximate surface area is 124 Å². The Bertz CT molecular complexity index is 685. The lowest BCUT2D eigenvalue weighted by molar-refractivity contribution is -0.674. The van der Waals surface area contributed by atoms with Crippen LogP contribution in [0.4, 0.5) is 0 Å². The zero-order chi connectivity index (χ0) is 13.8. The summed E-state index contributed by atoms with van der Waals surface area (Å²) in [5, 5.41) is 1.46. The number of aryl methyl sites for hydroxylation is 1. The zero-order valence-corrected chi connectivity index (χ0v) is 12.7. The molecule has 0 bridgehead atoms. The molecule has 102 valence electrons. The third-order valence-electron chi connectivity index (χ3n) is 3.62. The second-order valence-electron chi connectivity index (χ2n) is 5.13. The predicted octanol–water partition coefficient (Wildman–Crippen LogP) is 4.58. The van der Waals surface area contributed by atoms with E-state index >= 15 is 0 Å². The number of hydrogen-bond donors (Lipinski definition) is 0. The number of aromatic nitrogens is 1. The molecule has 0 spiro atoms. The Morgan fingerprint density at radius 2 is 1.70 bits per heavy atom. The van der Waals surface area contributed by atoms with Crippen molar-refractivity contribution in [1.82, 2.24) is 0 Å². The molecule has 1 heterocycles. The van der Waals surface area contributed by atoms with Gasteiger partial charge in [0.25, 0.3) is 0 Å². The molecule has 3 rings (SSSR count). The molecule has 20 heavy (non-hydrogen) atoms. The van der Waals surface area contributed by atoms with Gasteiger partial charge in [-0.3, -0.25) is 0 Å². The molecular weight excluding hydrogens is 262 g/mol. The third-order valence-corrected chi connectivity index (χ3v) is 4.78. The van der Waals surface area contributed by atoms with Gasteiger partial charge in [-0.15, -0.1) is 0 Å². The molecule has 0 radical (unpaired) electrons. The van der Waals surface area contributed by atoms with Gasteiger partial charge in [0.1, 0.15) is 11.2 Å². The molecule has 1 aromatic heterocycles. The van der Waals surface area contributed by atoms with E-state index in [1.54, 1.807) is 0 Å². The van der Waals surface area contributed by atoms with Crippen LogP contribution in [-0.4, -0.2) is 0 Å². The number of benzene rings is 2. The van der Waals surface area contributed by atoms with E-state index in [2.05, 4.69) is 66.1 Å². The van der Waals surface area contributed by atoms with E-state index in [0.717, 1.165) is 13.0 Å². The smallest absolute Gasteiger partial charge is 0.186 e. The van der Waals surface area contributed by atoms with Crippen LogP contribution in [0, 0.1) is 0 Å². The number of para-hydroxylation sites is 1. The van der Waals surface area contributed by atoms with Gasteiger partial charge in [0.2, 0.25) is 10.5 Å². The van der Waals surface area contributed by atoms with E-state index in [9.17, 15) is 0 Å². The molecule has 1 nitrogen and oxygen atoms in total. The first-order chi connectivity index (χ1) is 9.88. The van der Waals surface area contributed by atoms with Crippen LogP contribution in [0.25, 0.3) is 10.2 Å². The lowest BCUT2D eigenvalue weighted by Crippen LogP contribution is -2.36. The summed E-state index contributed by atoms with van der Waals surface area (Å²) in [7, 11) is 0. The molecule has 0 unspecified atom stereocenters. The van der Waals surface area contributed by atoms with Crippen molar-refractivity contribution in [3.8, 4) is 0 Å². The number of rotatable bonds is 5. The van der Waals surface area contributed by atoms with Crippen LogP contribution in [0.5, 0.6) is 0 Å². The summed E-state index contributed by atoms with van der Waals surface area (Å²) in [5.74, 6) is 0. The van der Waals surface area contributed by atoms with Gasteiger partial charge in [0.15, 0.2) is 0 Å². The van der Waals surface area contributed by atoms with Crippen molar-refractivity contribution < 1.29 is 4.57 Å². The quantitative estimate of drug-likeness (QED) is 0.603. The summed E-state index contributed by atoms with van der Waals surface area (Å²) < 4.78 is 3.91. The number of fused-ring (bicyclic) bond motifs is 1. The predicted molar refractivity (Wildman–Crippen MR) is 86.2 cm³/mol. The van der Waals surface area contributed by atoms with Crippen LogP contribution in [0.15, 0.2) is 54.6 Å². The molecular formula is C18H20NS+. The molecule has 3 aromatic rings. The SMILES string of the molecule is CCCC[n+]1c(Cc2ccccc2)sc2ccccc21. The number of hydrogen-bond acceptors (Lipinski definition) is 1. The number of thiazole rings is 1. The van der Waals surface area contributed by atoms with E-state index in [4.69, 9.17) is 0 Å². The summed E-state index contributed by atoms with van der Waals surface area (Å²) in [6.07, 6.45) is 3.51. The van der Waals surface area contributed by atoms with Crippen LogP contribution >= 0.6 is 11.3 Å². The van der Waals surface area contributed by atoms with Crippen LogP contribution in [-0.2, 0) is 13.0 Å². The highest BCUT2D eigenvalue weighted by molar-refractivity contribution is 7.18. The fourth-order valence-electron chi connectivity index (χ4n) is 2.55. The van der Waals surface area contributed by atoms with Gasteiger partial charge >= 0.3 is 0 Å². The average Bonchev–Trinajstić information content (AvgIpc) is 2.83. The van der Waals surface area contributed by atoms with Crippen molar-refractivity contribution in [2.24, 2.45) is 0 Å². The highest BCUT2D eigenvalue weighted by atomic mass is 32.1. The molecule has 2 heteroatoms. The van der Waals surface area contributed by atoms with E-state index in [1.165, 1.54) is 33.6 Å². The molecule has 0 aliphatic heterocycles. The topological polar surface area (TPSA) is 3.88 Å². The Morgan fingerprint density at radius 1 is 0.950 bits per heavy atom. The van der Waals surface area contributed by atoms with Crippen LogP contribution < -0.4 is 4.57 Å². The van der Waals surface area contributed by atoms with Gasteiger partial charge in [0.05, 0.1) is 6.42 Å². The lowest BCUT2D eigenvalue weighted by Gasteiger charge is -1.99. The molecule has 0 saturated heterocycles. The molecule has 0 N–H and O–H groups in total. The maximum Gasteiger partial charge on any atom is 0.242 e. The lowest BCUT2D eigenvalue weighted by atomic mass is 10.1. The van der Waals surface area contributed by atoms with E-state index in [-0.39, 0.29) is 0 Å². The van der Waals surface area contributed by atoms with Gasteiger partial charge in [-0.1, -0.05) is 67.1 Å². The normalized spacial score (nSPS) is 11.1. The first kappa shape index (κ1) is 13.3. The zero-order valence-electron chi connectivity index (χ0n) is 11.9. The van der Waals surface area contributed by atoms with Crippen molar-refractivity contribution in [1.29, 1.82) is 0 Å². The second kappa shape index (κ2) is 6.19. The van der Waals surface area contributed by atoms with Gasteiger partial charge in [-0.2, -0.15) is 4.57 Å². The highest BCUT2D eigenvalue weighted by Gasteiger charge is 2.19. The molecule has 0 amide bonds. The maximum atomic E-state index is 2.51. The van der Waals surface area contributed by atoms with E-state index in [0.29, 0.717) is 0 Å². The Kier molecular flexibility index (Phi) is 4.12. The fraction of sp³-hybridized carbons (Fsp3) is 0.278. The Balaban J connectivity index is 2.00. The fourth-order valence-corrected chi connectivity index (χ4v) is 3.77. The Hall–Kier alpha value is -1.67. The first-order valence-electron chi connectivity index (χ1n) is 7.32. The minimum Gasteiger partial charge on any atom is -0.186 e. The summed E-state index contributed by atoms with van der Waals surface area (Å²) in [6.45, 7) is 3.38. The standard InChI is InChI=1S/C18H20NS/c1-2-3-13-19-16-11-7-8-12-17(16)20-18(19)14-15-9-5-4-6-10-15/h4-12H,2-3,13-14H2,1H3/q+1. The van der Waals surface area contributed by atoms with Crippen molar-refractivity contribution >= 4 is 21.6 Å². The highest BCUT2D eigenvalue weighted by Crippen LogP contribution is 2.22. The molecule has 0 aliphatic carbocycles. The van der Waals surface area contributed by atoms with Crippen LogP contribution in [0.3, 0.4) is 0 Å². The van der Waals surface area contributed by atoms with Crippen LogP contribution in [0.2, 0.25) is 0 Å². The van der Waals surface area contributed by atoms with Crippen molar-refractivity contribution in [3.63, 3.8) is 0 Å². The van der Waals surface area contributed by atoms with Crippen LogP contribution in [0.1, 0.15) is 30.3 Å². The molecule has 0 saturated carbocycles. The Morgan fingerprint density at radius 3 is 2.50 bits per heavy atom.